The summed E-state index contributed by atoms with van der Waals surface area (Å²) in [5.74, 6) is 0.111. The van der Waals surface area contributed by atoms with Gasteiger partial charge in [-0.15, -0.1) is 0 Å². The summed E-state index contributed by atoms with van der Waals surface area (Å²) in [6.45, 7) is 3.92. The molecule has 10 heteroatoms. The molecule has 1 fully saturated rings. The maximum Gasteiger partial charge on any atom is 0.316 e. The largest absolute Gasteiger partial charge is 0.383 e. The number of sulfonamides is 1. The van der Waals surface area contributed by atoms with Gasteiger partial charge < -0.3 is 14.6 Å². The first-order valence-corrected chi connectivity index (χ1v) is 10.6. The molecular weight excluding hydrogens is 384 g/mol. The minimum Gasteiger partial charge on any atom is -0.383 e. The molecule has 28 heavy (non-hydrogen) atoms. The zero-order valence-corrected chi connectivity index (χ0v) is 16.7. The zero-order valence-electron chi connectivity index (χ0n) is 15.9. The SMILES string of the molecule is COCCNC(=O)c1nc(-c2ccc(S(=O)(=O)N3CCC(C)CC3)cc2)no1. The van der Waals surface area contributed by atoms with Gasteiger partial charge in [0.15, 0.2) is 0 Å². The van der Waals surface area contributed by atoms with Crippen LogP contribution in [0.1, 0.15) is 30.5 Å². The molecule has 1 amide bonds. The van der Waals surface area contributed by atoms with E-state index in [1.54, 1.807) is 12.1 Å². The predicted octanol–water partition coefficient (Wildman–Crippen LogP) is 1.53. The Morgan fingerprint density at radius 3 is 2.61 bits per heavy atom. The Bertz CT molecular complexity index is 902. The number of hydrogen-bond acceptors (Lipinski definition) is 7. The van der Waals surface area contributed by atoms with Crippen molar-refractivity contribution in [1.29, 1.82) is 0 Å². The third kappa shape index (κ3) is 4.57. The van der Waals surface area contributed by atoms with Crippen LogP contribution in [0, 0.1) is 5.92 Å². The van der Waals surface area contributed by atoms with E-state index in [0.29, 0.717) is 37.7 Å². The fourth-order valence-corrected chi connectivity index (χ4v) is 4.40. The van der Waals surface area contributed by atoms with Crippen LogP contribution in [0.25, 0.3) is 11.4 Å². The number of benzene rings is 1. The van der Waals surface area contributed by atoms with Gasteiger partial charge in [-0.1, -0.05) is 12.1 Å². The fraction of sp³-hybridized carbons (Fsp3) is 0.500. The Labute approximate surface area is 164 Å². The van der Waals surface area contributed by atoms with E-state index in [2.05, 4.69) is 22.4 Å². The van der Waals surface area contributed by atoms with Crippen molar-refractivity contribution in [2.24, 2.45) is 5.92 Å². The molecule has 152 valence electrons. The summed E-state index contributed by atoms with van der Waals surface area (Å²) in [4.78, 5) is 16.2. The van der Waals surface area contributed by atoms with E-state index >= 15 is 0 Å². The maximum absolute atomic E-state index is 12.8. The molecule has 0 spiro atoms. The average Bonchev–Trinajstić information content (AvgIpc) is 3.19. The normalized spacial score (nSPS) is 16.2. The Hall–Kier alpha value is -2.30. The van der Waals surface area contributed by atoms with Crippen LogP contribution in [0.3, 0.4) is 0 Å². The van der Waals surface area contributed by atoms with Gasteiger partial charge in [0.05, 0.1) is 11.5 Å². The molecule has 3 rings (SSSR count). The standard InChI is InChI=1S/C18H24N4O5S/c1-13-7-10-22(11-8-13)28(24,25)15-5-3-14(4-6-15)16-20-18(27-21-16)17(23)19-9-12-26-2/h3-6,13H,7-12H2,1-2H3,(H,19,23). The van der Waals surface area contributed by atoms with Crippen LogP contribution in [0.2, 0.25) is 0 Å². The van der Waals surface area contributed by atoms with Crippen LogP contribution in [0.15, 0.2) is 33.7 Å². The lowest BCUT2D eigenvalue weighted by atomic mass is 10.0. The van der Waals surface area contributed by atoms with Crippen LogP contribution in [-0.2, 0) is 14.8 Å². The van der Waals surface area contributed by atoms with Gasteiger partial charge in [0.25, 0.3) is 0 Å². The van der Waals surface area contributed by atoms with E-state index in [4.69, 9.17) is 9.26 Å². The Kier molecular flexibility index (Phi) is 6.42. The van der Waals surface area contributed by atoms with Gasteiger partial charge in [0.1, 0.15) is 0 Å². The molecule has 0 bridgehead atoms. The van der Waals surface area contributed by atoms with Crippen molar-refractivity contribution in [2.75, 3.05) is 33.4 Å². The maximum atomic E-state index is 12.8. The molecular formula is C18H24N4O5S. The molecule has 0 radical (unpaired) electrons. The zero-order chi connectivity index (χ0) is 20.1. The van der Waals surface area contributed by atoms with E-state index in [-0.39, 0.29) is 16.6 Å². The van der Waals surface area contributed by atoms with Gasteiger partial charge in [-0.05, 0) is 43.0 Å². The third-order valence-electron chi connectivity index (χ3n) is 4.70. The Morgan fingerprint density at radius 2 is 1.96 bits per heavy atom. The highest BCUT2D eigenvalue weighted by molar-refractivity contribution is 7.89. The van der Waals surface area contributed by atoms with Crippen molar-refractivity contribution >= 4 is 15.9 Å². The number of carbonyl (C=O) groups excluding carboxylic acids is 1. The van der Waals surface area contributed by atoms with Crippen molar-refractivity contribution in [3.63, 3.8) is 0 Å². The summed E-state index contributed by atoms with van der Waals surface area (Å²) < 4.78 is 36.9. The first-order chi connectivity index (χ1) is 13.4. The lowest BCUT2D eigenvalue weighted by molar-refractivity contribution is 0.0893. The second-order valence-electron chi connectivity index (χ2n) is 6.78. The van der Waals surface area contributed by atoms with Gasteiger partial charge in [-0.2, -0.15) is 9.29 Å². The van der Waals surface area contributed by atoms with Gasteiger partial charge in [-0.3, -0.25) is 4.79 Å². The second kappa shape index (κ2) is 8.80. The van der Waals surface area contributed by atoms with Crippen LogP contribution in [0.4, 0.5) is 0 Å². The van der Waals surface area contributed by atoms with E-state index in [9.17, 15) is 13.2 Å². The van der Waals surface area contributed by atoms with E-state index in [0.717, 1.165) is 12.8 Å². The van der Waals surface area contributed by atoms with Crippen LogP contribution in [0.5, 0.6) is 0 Å². The molecule has 1 aliphatic heterocycles. The van der Waals surface area contributed by atoms with Crippen molar-refractivity contribution in [2.45, 2.75) is 24.7 Å². The highest BCUT2D eigenvalue weighted by Gasteiger charge is 2.28. The first-order valence-electron chi connectivity index (χ1n) is 9.13. The summed E-state index contributed by atoms with van der Waals surface area (Å²) in [5, 5.41) is 6.38. The highest BCUT2D eigenvalue weighted by Crippen LogP contribution is 2.25. The third-order valence-corrected chi connectivity index (χ3v) is 6.62. The minimum atomic E-state index is -3.51. The molecule has 1 saturated heterocycles. The number of hydrogen-bond donors (Lipinski definition) is 1. The van der Waals surface area contributed by atoms with Crippen LogP contribution < -0.4 is 5.32 Å². The van der Waals surface area contributed by atoms with Crippen molar-refractivity contribution in [1.82, 2.24) is 19.8 Å². The number of ether oxygens (including phenoxy) is 1. The monoisotopic (exact) mass is 408 g/mol. The van der Waals surface area contributed by atoms with Crippen molar-refractivity contribution < 1.29 is 22.5 Å². The molecule has 0 atom stereocenters. The quantitative estimate of drug-likeness (QED) is 0.691. The van der Waals surface area contributed by atoms with E-state index in [1.807, 2.05) is 0 Å². The number of rotatable bonds is 7. The number of amides is 1. The van der Waals surface area contributed by atoms with Gasteiger partial charge in [0.2, 0.25) is 15.8 Å². The number of carbonyl (C=O) groups is 1. The van der Waals surface area contributed by atoms with Crippen molar-refractivity contribution in [3.8, 4) is 11.4 Å². The van der Waals surface area contributed by atoms with Crippen molar-refractivity contribution in [3.05, 3.63) is 30.2 Å². The molecule has 1 aliphatic rings. The van der Waals surface area contributed by atoms with Gasteiger partial charge in [0, 0.05) is 32.3 Å². The highest BCUT2D eigenvalue weighted by atomic mass is 32.2. The molecule has 1 aromatic heterocycles. The number of nitrogens with one attached hydrogen (secondary N) is 1. The molecule has 0 saturated carbocycles. The molecule has 1 N–H and O–H groups in total. The average molecular weight is 408 g/mol. The summed E-state index contributed by atoms with van der Waals surface area (Å²) in [5.41, 5.74) is 0.561. The molecule has 2 aromatic rings. The van der Waals surface area contributed by atoms with Crippen LogP contribution >= 0.6 is 0 Å². The molecule has 1 aromatic carbocycles. The number of aromatic nitrogens is 2. The summed E-state index contributed by atoms with van der Waals surface area (Å²) in [6.07, 6.45) is 1.74. The molecule has 0 aliphatic carbocycles. The molecule has 2 heterocycles. The first kappa shape index (κ1) is 20.4. The van der Waals surface area contributed by atoms with Gasteiger partial charge in [-0.25, -0.2) is 8.42 Å². The Morgan fingerprint density at radius 1 is 1.29 bits per heavy atom. The molecule has 9 nitrogen and oxygen atoms in total. The topological polar surface area (TPSA) is 115 Å². The van der Waals surface area contributed by atoms with Crippen LogP contribution in [-0.4, -0.2) is 62.1 Å². The fourth-order valence-electron chi connectivity index (χ4n) is 2.93. The second-order valence-corrected chi connectivity index (χ2v) is 8.72. The van der Waals surface area contributed by atoms with E-state index < -0.39 is 15.9 Å². The number of piperidine rings is 1. The Balaban J connectivity index is 1.70. The summed E-state index contributed by atoms with van der Waals surface area (Å²) in [6, 6.07) is 6.27. The van der Waals surface area contributed by atoms with Gasteiger partial charge >= 0.3 is 11.8 Å². The summed E-state index contributed by atoms with van der Waals surface area (Å²) in [7, 11) is -1.98. The smallest absolute Gasteiger partial charge is 0.316 e. The number of methoxy groups -OCH3 is 1. The summed E-state index contributed by atoms with van der Waals surface area (Å²) >= 11 is 0. The lowest BCUT2D eigenvalue weighted by Crippen LogP contribution is -2.37. The molecule has 0 unspecified atom stereocenters. The number of nitrogens with zero attached hydrogens (tertiary/aromatic N) is 3. The minimum absolute atomic E-state index is 0.162. The predicted molar refractivity (Wildman–Crippen MR) is 101 cm³/mol. The lowest BCUT2D eigenvalue weighted by Gasteiger charge is -2.29. The van der Waals surface area contributed by atoms with E-state index in [1.165, 1.54) is 23.5 Å².